The molecule has 1 N–H and O–H groups in total. The van der Waals surface area contributed by atoms with E-state index < -0.39 is 0 Å². The summed E-state index contributed by atoms with van der Waals surface area (Å²) in [6, 6.07) is 9.24. The molecule has 0 saturated carbocycles. The molecule has 0 bridgehead atoms. The summed E-state index contributed by atoms with van der Waals surface area (Å²) in [5.41, 5.74) is 1.38. The lowest BCUT2D eigenvalue weighted by Crippen LogP contribution is -2.24. The number of rotatable bonds is 5. The molecule has 2 rings (SSSR count). The average molecular weight is 419 g/mol. The Hall–Kier alpha value is -0.780. The van der Waals surface area contributed by atoms with Gasteiger partial charge in [-0.1, -0.05) is 38.8 Å². The molecule has 0 aliphatic heterocycles. The Labute approximate surface area is 140 Å². The third kappa shape index (κ3) is 4.34. The predicted molar refractivity (Wildman–Crippen MR) is 88.3 cm³/mol. The summed E-state index contributed by atoms with van der Waals surface area (Å²) in [5.74, 6) is -0.556. The molecule has 0 spiro atoms. The van der Waals surface area contributed by atoms with Crippen LogP contribution in [-0.2, 0) is 6.42 Å². The first-order valence-electron chi connectivity index (χ1n) is 6.63. The van der Waals surface area contributed by atoms with Crippen molar-refractivity contribution in [2.24, 2.45) is 0 Å². The summed E-state index contributed by atoms with van der Waals surface area (Å²) in [6.45, 7) is 2.68. The summed E-state index contributed by atoms with van der Waals surface area (Å²) in [5, 5.41) is 3.28. The first-order chi connectivity index (χ1) is 10.0. The van der Waals surface area contributed by atoms with Crippen molar-refractivity contribution in [3.05, 3.63) is 68.1 Å². The van der Waals surface area contributed by atoms with E-state index >= 15 is 0 Å². The SMILES string of the molecule is CCNC(Cc1cc(Br)ccc1F)c1cc(F)ccc1Br. The smallest absolute Gasteiger partial charge is 0.126 e. The van der Waals surface area contributed by atoms with Gasteiger partial charge in [0.15, 0.2) is 0 Å². The normalized spacial score (nSPS) is 12.4. The Morgan fingerprint density at radius 3 is 2.57 bits per heavy atom. The van der Waals surface area contributed by atoms with Gasteiger partial charge in [0.05, 0.1) is 0 Å². The van der Waals surface area contributed by atoms with Crippen LogP contribution in [0.3, 0.4) is 0 Å². The molecule has 2 aromatic rings. The molecule has 5 heteroatoms. The number of nitrogens with one attached hydrogen (secondary N) is 1. The zero-order valence-electron chi connectivity index (χ0n) is 11.5. The number of halogens is 4. The molecule has 112 valence electrons. The van der Waals surface area contributed by atoms with Gasteiger partial charge in [0.25, 0.3) is 0 Å². The van der Waals surface area contributed by atoms with Crippen LogP contribution in [0.15, 0.2) is 45.3 Å². The lowest BCUT2D eigenvalue weighted by molar-refractivity contribution is 0.522. The Morgan fingerprint density at radius 2 is 1.86 bits per heavy atom. The second kappa shape index (κ2) is 7.47. The third-order valence-electron chi connectivity index (χ3n) is 3.22. The lowest BCUT2D eigenvalue weighted by Gasteiger charge is -2.20. The van der Waals surface area contributed by atoms with Crippen LogP contribution in [0, 0.1) is 11.6 Å². The van der Waals surface area contributed by atoms with Gasteiger partial charge in [-0.3, -0.25) is 0 Å². The molecule has 2 aromatic carbocycles. The number of likely N-dealkylation sites (N-methyl/N-ethyl adjacent to an activating group) is 1. The standard InChI is InChI=1S/C16H15Br2F2N/c1-2-21-16(13-9-12(19)4-5-14(13)18)8-10-7-11(17)3-6-15(10)20/h3-7,9,16,21H,2,8H2,1H3. The van der Waals surface area contributed by atoms with Crippen LogP contribution in [0.4, 0.5) is 8.78 Å². The van der Waals surface area contributed by atoms with E-state index in [1.807, 2.05) is 6.92 Å². The van der Waals surface area contributed by atoms with E-state index in [0.717, 1.165) is 14.5 Å². The van der Waals surface area contributed by atoms with Gasteiger partial charge in [-0.15, -0.1) is 0 Å². The zero-order chi connectivity index (χ0) is 15.4. The molecule has 0 aliphatic carbocycles. The molecule has 0 radical (unpaired) electrons. The highest BCUT2D eigenvalue weighted by Gasteiger charge is 2.17. The second-order valence-electron chi connectivity index (χ2n) is 4.72. The van der Waals surface area contributed by atoms with E-state index in [4.69, 9.17) is 0 Å². The van der Waals surface area contributed by atoms with Gasteiger partial charge in [0.2, 0.25) is 0 Å². The molecular formula is C16H15Br2F2N. The van der Waals surface area contributed by atoms with E-state index in [-0.39, 0.29) is 17.7 Å². The van der Waals surface area contributed by atoms with Gasteiger partial charge in [0.1, 0.15) is 11.6 Å². The van der Waals surface area contributed by atoms with Crippen LogP contribution in [0.25, 0.3) is 0 Å². The largest absolute Gasteiger partial charge is 0.310 e. The van der Waals surface area contributed by atoms with Gasteiger partial charge >= 0.3 is 0 Å². The number of hydrogen-bond acceptors (Lipinski definition) is 1. The van der Waals surface area contributed by atoms with E-state index in [0.29, 0.717) is 18.5 Å². The van der Waals surface area contributed by atoms with Crippen LogP contribution in [0.2, 0.25) is 0 Å². The maximum Gasteiger partial charge on any atom is 0.126 e. The summed E-state index contributed by atoms with van der Waals surface area (Å²) >= 11 is 6.79. The van der Waals surface area contributed by atoms with Crippen LogP contribution < -0.4 is 5.32 Å². The van der Waals surface area contributed by atoms with Crippen LogP contribution in [-0.4, -0.2) is 6.54 Å². The van der Waals surface area contributed by atoms with Crippen molar-refractivity contribution in [1.29, 1.82) is 0 Å². The van der Waals surface area contributed by atoms with E-state index in [9.17, 15) is 8.78 Å². The van der Waals surface area contributed by atoms with E-state index in [1.54, 1.807) is 18.2 Å². The van der Waals surface area contributed by atoms with Gasteiger partial charge in [0, 0.05) is 15.0 Å². The van der Waals surface area contributed by atoms with Crippen LogP contribution in [0.1, 0.15) is 24.1 Å². The summed E-state index contributed by atoms with van der Waals surface area (Å²) in [4.78, 5) is 0. The molecule has 0 aliphatic rings. The van der Waals surface area contributed by atoms with Crippen molar-refractivity contribution < 1.29 is 8.78 Å². The van der Waals surface area contributed by atoms with Gasteiger partial charge < -0.3 is 5.32 Å². The highest BCUT2D eigenvalue weighted by atomic mass is 79.9. The molecule has 1 nitrogen and oxygen atoms in total. The molecule has 0 fully saturated rings. The van der Waals surface area contributed by atoms with Crippen molar-refractivity contribution in [1.82, 2.24) is 5.32 Å². The zero-order valence-corrected chi connectivity index (χ0v) is 14.6. The fourth-order valence-electron chi connectivity index (χ4n) is 2.24. The van der Waals surface area contributed by atoms with Gasteiger partial charge in [-0.2, -0.15) is 0 Å². The van der Waals surface area contributed by atoms with Crippen molar-refractivity contribution in [3.63, 3.8) is 0 Å². The molecule has 21 heavy (non-hydrogen) atoms. The van der Waals surface area contributed by atoms with Gasteiger partial charge in [-0.05, 0) is 60.5 Å². The molecule has 0 heterocycles. The number of benzene rings is 2. The average Bonchev–Trinajstić information content (AvgIpc) is 2.45. The summed E-state index contributed by atoms with van der Waals surface area (Å²) < 4.78 is 29.1. The first-order valence-corrected chi connectivity index (χ1v) is 8.22. The topological polar surface area (TPSA) is 12.0 Å². The molecule has 0 aromatic heterocycles. The second-order valence-corrected chi connectivity index (χ2v) is 6.49. The Kier molecular flexibility index (Phi) is 5.90. The Morgan fingerprint density at radius 1 is 1.10 bits per heavy atom. The summed E-state index contributed by atoms with van der Waals surface area (Å²) in [7, 11) is 0. The fourth-order valence-corrected chi connectivity index (χ4v) is 3.17. The van der Waals surface area contributed by atoms with Crippen LogP contribution in [0.5, 0.6) is 0 Å². The maximum absolute atomic E-state index is 13.9. The molecule has 1 atom stereocenters. The number of hydrogen-bond donors (Lipinski definition) is 1. The maximum atomic E-state index is 13.9. The van der Waals surface area contributed by atoms with Crippen molar-refractivity contribution in [2.75, 3.05) is 6.54 Å². The predicted octanol–water partition coefficient (Wildman–Crippen LogP) is 5.38. The van der Waals surface area contributed by atoms with Crippen molar-refractivity contribution >= 4 is 31.9 Å². The van der Waals surface area contributed by atoms with E-state index in [2.05, 4.69) is 37.2 Å². The monoisotopic (exact) mass is 417 g/mol. The minimum absolute atomic E-state index is 0.163. The van der Waals surface area contributed by atoms with E-state index in [1.165, 1.54) is 18.2 Å². The summed E-state index contributed by atoms with van der Waals surface area (Å²) in [6.07, 6.45) is 0.446. The van der Waals surface area contributed by atoms with Crippen molar-refractivity contribution in [2.45, 2.75) is 19.4 Å². The fraction of sp³-hybridized carbons (Fsp3) is 0.250. The lowest BCUT2D eigenvalue weighted by atomic mass is 9.98. The minimum Gasteiger partial charge on any atom is -0.310 e. The highest BCUT2D eigenvalue weighted by molar-refractivity contribution is 9.10. The molecule has 0 saturated heterocycles. The van der Waals surface area contributed by atoms with Crippen LogP contribution >= 0.6 is 31.9 Å². The molecular weight excluding hydrogens is 404 g/mol. The Bertz CT molecular complexity index is 632. The third-order valence-corrected chi connectivity index (χ3v) is 4.43. The Balaban J connectivity index is 2.35. The molecule has 1 unspecified atom stereocenters. The molecule has 0 amide bonds. The highest BCUT2D eigenvalue weighted by Crippen LogP contribution is 2.28. The van der Waals surface area contributed by atoms with Crippen molar-refractivity contribution in [3.8, 4) is 0 Å². The quantitative estimate of drug-likeness (QED) is 0.686. The minimum atomic E-state index is -0.300. The van der Waals surface area contributed by atoms with Gasteiger partial charge in [-0.25, -0.2) is 8.78 Å². The first kappa shape index (κ1) is 16.6.